The molecule has 3 N–H and O–H groups in total. The van der Waals surface area contributed by atoms with Crippen molar-refractivity contribution in [2.45, 2.75) is 38.8 Å². The number of rotatable bonds is 7. The molecule has 0 bridgehead atoms. The number of amides is 2. The molecule has 0 saturated carbocycles. The fourth-order valence-corrected chi connectivity index (χ4v) is 3.63. The first-order chi connectivity index (χ1) is 14.5. The van der Waals surface area contributed by atoms with E-state index in [1.54, 1.807) is 41.1 Å². The second-order valence-electron chi connectivity index (χ2n) is 7.51. The maximum atomic E-state index is 12.6. The summed E-state index contributed by atoms with van der Waals surface area (Å²) in [6.45, 7) is 2.62. The average molecular weight is 412 g/mol. The molecule has 8 nitrogen and oxygen atoms in total. The van der Waals surface area contributed by atoms with E-state index in [2.05, 4.69) is 10.2 Å². The van der Waals surface area contributed by atoms with Gasteiger partial charge in [0.1, 0.15) is 6.54 Å². The number of aromatic nitrogens is 1. The Morgan fingerprint density at radius 3 is 2.37 bits per heavy atom. The number of primary amides is 1. The van der Waals surface area contributed by atoms with Gasteiger partial charge in [0.05, 0.1) is 13.3 Å². The Balaban J connectivity index is 1.76. The number of ether oxygens (including phenoxy) is 1. The van der Waals surface area contributed by atoms with Gasteiger partial charge >= 0.3 is 0 Å². The SMILES string of the molecule is COc1cn(CC(=O)Nc2ccc(C(N)=O)cc2)c(CN2CCCCCC2)cc1=O. The number of pyridine rings is 1. The zero-order valence-electron chi connectivity index (χ0n) is 17.2. The van der Waals surface area contributed by atoms with Gasteiger partial charge in [0.15, 0.2) is 5.75 Å². The summed E-state index contributed by atoms with van der Waals surface area (Å²) in [6, 6.07) is 7.93. The summed E-state index contributed by atoms with van der Waals surface area (Å²) < 4.78 is 6.93. The van der Waals surface area contributed by atoms with Crippen molar-refractivity contribution in [2.24, 2.45) is 5.73 Å². The minimum absolute atomic E-state index is 0.0391. The maximum Gasteiger partial charge on any atom is 0.248 e. The number of nitrogens with one attached hydrogen (secondary N) is 1. The summed E-state index contributed by atoms with van der Waals surface area (Å²) in [5.41, 5.74) is 6.76. The summed E-state index contributed by atoms with van der Waals surface area (Å²) in [4.78, 5) is 38.4. The number of anilines is 1. The molecule has 160 valence electrons. The van der Waals surface area contributed by atoms with Crippen molar-refractivity contribution >= 4 is 17.5 Å². The summed E-state index contributed by atoms with van der Waals surface area (Å²) in [7, 11) is 1.44. The molecule has 2 aromatic rings. The van der Waals surface area contributed by atoms with Crippen LogP contribution in [0.4, 0.5) is 5.69 Å². The van der Waals surface area contributed by atoms with Gasteiger partial charge in [-0.25, -0.2) is 0 Å². The van der Waals surface area contributed by atoms with Gasteiger partial charge in [0.2, 0.25) is 17.2 Å². The van der Waals surface area contributed by atoms with E-state index in [0.717, 1.165) is 31.6 Å². The molecule has 0 aliphatic carbocycles. The van der Waals surface area contributed by atoms with Crippen LogP contribution >= 0.6 is 0 Å². The minimum Gasteiger partial charge on any atom is -0.491 e. The first-order valence-electron chi connectivity index (χ1n) is 10.2. The van der Waals surface area contributed by atoms with E-state index in [0.29, 0.717) is 17.8 Å². The van der Waals surface area contributed by atoms with Crippen molar-refractivity contribution in [3.63, 3.8) is 0 Å². The molecule has 2 amide bonds. The molecule has 2 heterocycles. The molecule has 8 heteroatoms. The molecular weight excluding hydrogens is 384 g/mol. The molecule has 1 fully saturated rings. The summed E-state index contributed by atoms with van der Waals surface area (Å²) in [5.74, 6) is -0.566. The van der Waals surface area contributed by atoms with Gasteiger partial charge < -0.3 is 20.4 Å². The number of likely N-dealkylation sites (tertiary alicyclic amines) is 1. The summed E-state index contributed by atoms with van der Waals surface area (Å²) >= 11 is 0. The van der Waals surface area contributed by atoms with Crippen LogP contribution in [0, 0.1) is 0 Å². The van der Waals surface area contributed by atoms with Gasteiger partial charge in [0.25, 0.3) is 0 Å². The first-order valence-corrected chi connectivity index (χ1v) is 10.2. The Hall–Kier alpha value is -3.13. The quantitative estimate of drug-likeness (QED) is 0.723. The number of benzene rings is 1. The van der Waals surface area contributed by atoms with Crippen molar-refractivity contribution < 1.29 is 14.3 Å². The number of hydrogen-bond acceptors (Lipinski definition) is 5. The normalized spacial score (nSPS) is 14.7. The third kappa shape index (κ3) is 5.70. The van der Waals surface area contributed by atoms with E-state index >= 15 is 0 Å². The molecule has 0 spiro atoms. The van der Waals surface area contributed by atoms with Crippen molar-refractivity contribution in [2.75, 3.05) is 25.5 Å². The zero-order chi connectivity index (χ0) is 21.5. The number of methoxy groups -OCH3 is 1. The van der Waals surface area contributed by atoms with E-state index in [1.165, 1.54) is 20.0 Å². The number of carbonyl (C=O) groups is 2. The van der Waals surface area contributed by atoms with Gasteiger partial charge in [-0.2, -0.15) is 0 Å². The Kier molecular flexibility index (Phi) is 7.24. The van der Waals surface area contributed by atoms with Crippen molar-refractivity contribution in [1.82, 2.24) is 9.47 Å². The third-order valence-corrected chi connectivity index (χ3v) is 5.25. The van der Waals surface area contributed by atoms with E-state index in [9.17, 15) is 14.4 Å². The molecule has 0 atom stereocenters. The van der Waals surface area contributed by atoms with E-state index in [-0.39, 0.29) is 23.6 Å². The number of nitrogens with zero attached hydrogens (tertiary/aromatic N) is 2. The van der Waals surface area contributed by atoms with Crippen LogP contribution < -0.4 is 21.2 Å². The first kappa shape index (κ1) is 21.6. The van der Waals surface area contributed by atoms with Gasteiger partial charge in [-0.05, 0) is 50.2 Å². The van der Waals surface area contributed by atoms with Gasteiger partial charge in [-0.1, -0.05) is 12.8 Å². The lowest BCUT2D eigenvalue weighted by Gasteiger charge is -2.23. The van der Waals surface area contributed by atoms with Crippen LogP contribution in [0.1, 0.15) is 41.7 Å². The number of carbonyl (C=O) groups excluding carboxylic acids is 2. The van der Waals surface area contributed by atoms with Crippen LogP contribution in [0.5, 0.6) is 5.75 Å². The lowest BCUT2D eigenvalue weighted by Crippen LogP contribution is -2.29. The highest BCUT2D eigenvalue weighted by molar-refractivity contribution is 5.94. The predicted octanol–water partition coefficient (Wildman–Crippen LogP) is 1.97. The molecule has 30 heavy (non-hydrogen) atoms. The van der Waals surface area contributed by atoms with Crippen molar-refractivity contribution in [3.8, 4) is 5.75 Å². The van der Waals surface area contributed by atoms with Crippen LogP contribution in [0.3, 0.4) is 0 Å². The largest absolute Gasteiger partial charge is 0.491 e. The van der Waals surface area contributed by atoms with Crippen molar-refractivity contribution in [1.29, 1.82) is 0 Å². The Labute approximate surface area is 175 Å². The van der Waals surface area contributed by atoms with Gasteiger partial charge in [-0.3, -0.25) is 19.3 Å². The van der Waals surface area contributed by atoms with Crippen LogP contribution in [0.25, 0.3) is 0 Å². The highest BCUT2D eigenvalue weighted by Crippen LogP contribution is 2.15. The minimum atomic E-state index is -0.522. The predicted molar refractivity (Wildman–Crippen MR) is 115 cm³/mol. The third-order valence-electron chi connectivity index (χ3n) is 5.25. The molecule has 1 aliphatic heterocycles. The molecule has 3 rings (SSSR count). The molecule has 1 aliphatic rings. The highest BCUT2D eigenvalue weighted by Gasteiger charge is 2.15. The van der Waals surface area contributed by atoms with Gasteiger partial charge in [-0.15, -0.1) is 0 Å². The molecule has 1 saturated heterocycles. The average Bonchev–Trinajstić information content (AvgIpc) is 2.99. The highest BCUT2D eigenvalue weighted by atomic mass is 16.5. The van der Waals surface area contributed by atoms with E-state index in [4.69, 9.17) is 10.5 Å². The topological polar surface area (TPSA) is 107 Å². The van der Waals surface area contributed by atoms with Gasteiger partial charge in [0, 0.05) is 29.6 Å². The smallest absolute Gasteiger partial charge is 0.248 e. The monoisotopic (exact) mass is 412 g/mol. The van der Waals surface area contributed by atoms with Crippen LogP contribution in [-0.4, -0.2) is 41.5 Å². The summed E-state index contributed by atoms with van der Waals surface area (Å²) in [5, 5.41) is 2.81. The van der Waals surface area contributed by atoms with E-state index < -0.39 is 5.91 Å². The number of hydrogen-bond donors (Lipinski definition) is 2. The Morgan fingerprint density at radius 2 is 1.77 bits per heavy atom. The fraction of sp³-hybridized carbons (Fsp3) is 0.409. The standard InChI is InChI=1S/C22H28N4O4/c1-30-20-14-26(15-21(28)24-17-8-6-16(7-9-17)22(23)29)18(12-19(20)27)13-25-10-4-2-3-5-11-25/h6-9,12,14H,2-5,10-11,13,15H2,1H3,(H2,23,29)(H,24,28). The zero-order valence-corrected chi connectivity index (χ0v) is 17.2. The Bertz CT molecular complexity index is 945. The number of nitrogens with two attached hydrogens (primary N) is 1. The molecule has 0 unspecified atom stereocenters. The fourth-order valence-electron chi connectivity index (χ4n) is 3.63. The lowest BCUT2D eigenvalue weighted by atomic mass is 10.2. The van der Waals surface area contributed by atoms with Crippen LogP contribution in [0.15, 0.2) is 41.3 Å². The lowest BCUT2D eigenvalue weighted by molar-refractivity contribution is -0.116. The summed E-state index contributed by atoms with van der Waals surface area (Å²) in [6.07, 6.45) is 6.32. The molecule has 0 radical (unpaired) electrons. The molecule has 1 aromatic heterocycles. The molecule has 1 aromatic carbocycles. The molecular formula is C22H28N4O4. The van der Waals surface area contributed by atoms with Crippen molar-refractivity contribution in [3.05, 3.63) is 58.0 Å². The second kappa shape index (κ2) is 10.1. The van der Waals surface area contributed by atoms with Crippen LogP contribution in [0.2, 0.25) is 0 Å². The van der Waals surface area contributed by atoms with Crippen LogP contribution in [-0.2, 0) is 17.9 Å². The van der Waals surface area contributed by atoms with E-state index in [1.807, 2.05) is 0 Å². The maximum absolute atomic E-state index is 12.6. The Morgan fingerprint density at radius 1 is 1.10 bits per heavy atom. The second-order valence-corrected chi connectivity index (χ2v) is 7.51.